The monoisotopic (exact) mass is 392 g/mol. The molecule has 1 N–H and O–H groups in total. The Balaban J connectivity index is 1.87. The van der Waals surface area contributed by atoms with Gasteiger partial charge in [-0.15, -0.1) is 0 Å². The highest BCUT2D eigenvalue weighted by molar-refractivity contribution is 5.99. The van der Waals surface area contributed by atoms with Gasteiger partial charge >= 0.3 is 0 Å². The van der Waals surface area contributed by atoms with Gasteiger partial charge in [0.25, 0.3) is 5.91 Å². The Morgan fingerprint density at radius 2 is 1.96 bits per heavy atom. The van der Waals surface area contributed by atoms with Gasteiger partial charge in [-0.25, -0.2) is 4.99 Å². The van der Waals surface area contributed by atoms with E-state index in [1.807, 2.05) is 18.7 Å². The van der Waals surface area contributed by atoms with Gasteiger partial charge in [0.05, 0.1) is 5.70 Å². The van der Waals surface area contributed by atoms with Crippen molar-refractivity contribution in [2.24, 2.45) is 10.9 Å². The first-order valence-corrected chi connectivity index (χ1v) is 10.7. The molecule has 0 aromatic rings. The second-order valence-electron chi connectivity index (χ2n) is 8.30. The fourth-order valence-electron chi connectivity index (χ4n) is 4.29. The van der Waals surface area contributed by atoms with E-state index < -0.39 is 5.97 Å². The average Bonchev–Trinajstić information content (AvgIpc) is 3.13. The van der Waals surface area contributed by atoms with E-state index in [0.29, 0.717) is 6.04 Å². The standard InChI is InChI=1S/C22H37FN4O/c1-6-8-18-9-10-19(15-18)27-13-11-26(12-14-27)17(5)21(23)25-20(7-2)22(28)24-16(3)4/h7,16,18-19H,5-6,8-15H2,1-4H3,(H,24,28)/b20-7-,25-21?. The summed E-state index contributed by atoms with van der Waals surface area (Å²) in [4.78, 5) is 20.5. The number of hydrogen-bond acceptors (Lipinski definition) is 4. The largest absolute Gasteiger partial charge is 0.366 e. The van der Waals surface area contributed by atoms with Crippen molar-refractivity contribution >= 4 is 11.9 Å². The normalized spacial score (nSPS) is 24.7. The van der Waals surface area contributed by atoms with Crippen LogP contribution in [-0.4, -0.2) is 59.9 Å². The lowest BCUT2D eigenvalue weighted by atomic mass is 10.0. The maximum Gasteiger partial charge on any atom is 0.269 e. The number of nitrogens with one attached hydrogen (secondary N) is 1. The Hall–Kier alpha value is -1.69. The highest BCUT2D eigenvalue weighted by atomic mass is 19.1. The Morgan fingerprint density at radius 3 is 2.54 bits per heavy atom. The smallest absolute Gasteiger partial charge is 0.269 e. The third-order valence-electron chi connectivity index (χ3n) is 5.81. The number of aliphatic imine (C=N–C) groups is 1. The Labute approximate surface area is 169 Å². The van der Waals surface area contributed by atoms with Crippen LogP contribution in [0.5, 0.6) is 0 Å². The zero-order valence-corrected chi connectivity index (χ0v) is 18.0. The molecule has 2 rings (SSSR count). The van der Waals surface area contributed by atoms with Crippen molar-refractivity contribution < 1.29 is 9.18 Å². The SMILES string of the molecule is C=C(C(F)=N/C(=C\C)C(=O)NC(C)C)N1CCN(C2CCC(CCC)C2)CC1. The van der Waals surface area contributed by atoms with E-state index in [-0.39, 0.29) is 23.3 Å². The van der Waals surface area contributed by atoms with E-state index >= 15 is 0 Å². The second kappa shape index (κ2) is 10.7. The Kier molecular flexibility index (Phi) is 8.67. The number of rotatable bonds is 8. The van der Waals surface area contributed by atoms with Crippen LogP contribution in [0.15, 0.2) is 29.0 Å². The molecule has 0 bridgehead atoms. The van der Waals surface area contributed by atoms with Crippen molar-refractivity contribution in [3.8, 4) is 0 Å². The van der Waals surface area contributed by atoms with Gasteiger partial charge in [-0.1, -0.05) is 32.4 Å². The minimum absolute atomic E-state index is 0.0236. The molecular weight excluding hydrogens is 355 g/mol. The lowest BCUT2D eigenvalue weighted by Crippen LogP contribution is -2.49. The third-order valence-corrected chi connectivity index (χ3v) is 5.81. The molecule has 158 valence electrons. The van der Waals surface area contributed by atoms with Crippen LogP contribution in [0.1, 0.15) is 59.8 Å². The molecule has 2 aliphatic rings. The first-order valence-electron chi connectivity index (χ1n) is 10.7. The maximum absolute atomic E-state index is 14.6. The first kappa shape index (κ1) is 22.6. The van der Waals surface area contributed by atoms with Gasteiger partial charge in [-0.05, 0) is 46.0 Å². The average molecular weight is 393 g/mol. The molecule has 2 atom stereocenters. The predicted molar refractivity (Wildman–Crippen MR) is 114 cm³/mol. The van der Waals surface area contributed by atoms with Crippen molar-refractivity contribution in [2.45, 2.75) is 71.9 Å². The van der Waals surface area contributed by atoms with E-state index in [2.05, 4.69) is 28.7 Å². The van der Waals surface area contributed by atoms with Gasteiger partial charge < -0.3 is 10.2 Å². The van der Waals surface area contributed by atoms with Crippen molar-refractivity contribution in [3.05, 3.63) is 24.0 Å². The summed E-state index contributed by atoms with van der Waals surface area (Å²) in [5.74, 6) is -0.165. The molecule has 0 radical (unpaired) electrons. The quantitative estimate of drug-likeness (QED) is 0.504. The highest BCUT2D eigenvalue weighted by Gasteiger charge is 2.31. The molecule has 1 amide bonds. The van der Waals surface area contributed by atoms with Gasteiger partial charge in [-0.2, -0.15) is 4.39 Å². The molecule has 1 aliphatic heterocycles. The summed E-state index contributed by atoms with van der Waals surface area (Å²) < 4.78 is 14.6. The fourth-order valence-corrected chi connectivity index (χ4v) is 4.29. The molecule has 2 fully saturated rings. The molecule has 5 nitrogen and oxygen atoms in total. The molecular formula is C22H37FN4O. The molecule has 1 saturated heterocycles. The van der Waals surface area contributed by atoms with Crippen LogP contribution in [0.3, 0.4) is 0 Å². The summed E-state index contributed by atoms with van der Waals surface area (Å²) in [7, 11) is 0. The zero-order chi connectivity index (χ0) is 20.7. The van der Waals surface area contributed by atoms with Crippen molar-refractivity contribution in [2.75, 3.05) is 26.2 Å². The maximum atomic E-state index is 14.6. The van der Waals surface area contributed by atoms with E-state index in [1.54, 1.807) is 6.92 Å². The highest BCUT2D eigenvalue weighted by Crippen LogP contribution is 2.33. The van der Waals surface area contributed by atoms with Gasteiger partial charge in [0, 0.05) is 38.3 Å². The van der Waals surface area contributed by atoms with Crippen LogP contribution >= 0.6 is 0 Å². The number of carbonyl (C=O) groups excluding carboxylic acids is 1. The van der Waals surface area contributed by atoms with E-state index in [1.165, 1.54) is 38.2 Å². The van der Waals surface area contributed by atoms with Gasteiger partial charge in [0.2, 0.25) is 5.97 Å². The molecule has 2 unspecified atom stereocenters. The number of nitrogens with zero attached hydrogens (tertiary/aromatic N) is 3. The van der Waals surface area contributed by atoms with Gasteiger partial charge in [-0.3, -0.25) is 9.69 Å². The molecule has 6 heteroatoms. The summed E-state index contributed by atoms with van der Waals surface area (Å²) >= 11 is 0. The molecule has 0 spiro atoms. The number of hydrogen-bond donors (Lipinski definition) is 1. The first-order chi connectivity index (χ1) is 13.3. The summed E-state index contributed by atoms with van der Waals surface area (Å²) in [6.45, 7) is 14.9. The molecule has 0 aromatic heterocycles. The number of amides is 1. The zero-order valence-electron chi connectivity index (χ0n) is 18.0. The third kappa shape index (κ3) is 6.16. The van der Waals surface area contributed by atoms with E-state index in [9.17, 15) is 9.18 Å². The number of piperazine rings is 1. The molecule has 1 aliphatic carbocycles. The lowest BCUT2D eigenvalue weighted by molar-refractivity contribution is -0.118. The van der Waals surface area contributed by atoms with Crippen LogP contribution in [0.25, 0.3) is 0 Å². The molecule has 28 heavy (non-hydrogen) atoms. The van der Waals surface area contributed by atoms with Crippen molar-refractivity contribution in [3.63, 3.8) is 0 Å². The topological polar surface area (TPSA) is 47.9 Å². The second-order valence-corrected chi connectivity index (χ2v) is 8.30. The van der Waals surface area contributed by atoms with Crippen LogP contribution < -0.4 is 5.32 Å². The number of carbonyl (C=O) groups is 1. The minimum Gasteiger partial charge on any atom is -0.366 e. The Bertz CT molecular complexity index is 606. The summed E-state index contributed by atoms with van der Waals surface area (Å²) in [5.41, 5.74) is 0.352. The lowest BCUT2D eigenvalue weighted by Gasteiger charge is -2.39. The molecule has 1 heterocycles. The summed E-state index contributed by atoms with van der Waals surface area (Å²) in [6, 6.07) is 0.657. The van der Waals surface area contributed by atoms with Crippen molar-refractivity contribution in [1.29, 1.82) is 0 Å². The summed E-state index contributed by atoms with van der Waals surface area (Å²) in [5, 5.41) is 2.74. The van der Waals surface area contributed by atoms with Crippen LogP contribution in [0.2, 0.25) is 0 Å². The van der Waals surface area contributed by atoms with E-state index in [0.717, 1.165) is 32.1 Å². The minimum atomic E-state index is -0.677. The number of halogens is 1. The Morgan fingerprint density at radius 1 is 1.29 bits per heavy atom. The van der Waals surface area contributed by atoms with Crippen LogP contribution in [-0.2, 0) is 4.79 Å². The predicted octanol–water partition coefficient (Wildman–Crippen LogP) is 3.88. The van der Waals surface area contributed by atoms with Crippen LogP contribution in [0, 0.1) is 5.92 Å². The molecule has 0 aromatic carbocycles. The van der Waals surface area contributed by atoms with Crippen molar-refractivity contribution in [1.82, 2.24) is 15.1 Å². The van der Waals surface area contributed by atoms with Gasteiger partial charge in [0.1, 0.15) is 5.70 Å². The number of allylic oxidation sites excluding steroid dienone is 2. The molecule has 1 saturated carbocycles. The fraction of sp³-hybridized carbons (Fsp3) is 0.727. The van der Waals surface area contributed by atoms with Gasteiger partial charge in [0.15, 0.2) is 0 Å². The van der Waals surface area contributed by atoms with Crippen LogP contribution in [0.4, 0.5) is 4.39 Å². The summed E-state index contributed by atoms with van der Waals surface area (Å²) in [6.07, 6.45) is 8.07. The van der Waals surface area contributed by atoms with E-state index in [4.69, 9.17) is 0 Å².